The predicted octanol–water partition coefficient (Wildman–Crippen LogP) is 1.69. The second-order valence-electron chi connectivity index (χ2n) is 4.15. The van der Waals surface area contributed by atoms with E-state index in [4.69, 9.17) is 5.11 Å². The summed E-state index contributed by atoms with van der Waals surface area (Å²) in [7, 11) is 0. The molecule has 0 saturated carbocycles. The van der Waals surface area contributed by atoms with Gasteiger partial charge in [0.15, 0.2) is 0 Å². The Hall–Kier alpha value is -2.50. The lowest BCUT2D eigenvalue weighted by atomic mass is 10.2. The second-order valence-corrected chi connectivity index (χ2v) is 4.15. The first-order valence-electron chi connectivity index (χ1n) is 5.51. The normalized spacial score (nSPS) is 10.5. The number of carboxylic acid groups (broad SMARTS) is 1. The van der Waals surface area contributed by atoms with Gasteiger partial charge in [-0.25, -0.2) is 13.9 Å². The van der Waals surface area contributed by atoms with Crippen LogP contribution in [0.2, 0.25) is 0 Å². The molecule has 98 valence electrons. The van der Waals surface area contributed by atoms with Crippen molar-refractivity contribution < 1.29 is 14.3 Å². The zero-order chi connectivity index (χ0) is 14.2. The first kappa shape index (κ1) is 12.9. The molecule has 0 atom stereocenters. The van der Waals surface area contributed by atoms with Crippen molar-refractivity contribution in [2.75, 3.05) is 0 Å². The van der Waals surface area contributed by atoms with E-state index in [1.165, 1.54) is 28.9 Å². The molecular weight excluding hydrogens is 251 g/mol. The fourth-order valence-corrected chi connectivity index (χ4v) is 1.80. The molecular formula is C13H11FN2O3. The SMILES string of the molecule is Cc1cc(F)ccc1-n1nc(C(=O)O)c(=O)cc1C. The van der Waals surface area contributed by atoms with E-state index in [-0.39, 0.29) is 0 Å². The third kappa shape index (κ3) is 2.37. The lowest BCUT2D eigenvalue weighted by Gasteiger charge is -2.12. The summed E-state index contributed by atoms with van der Waals surface area (Å²) in [5.41, 5.74) is 0.386. The number of aryl methyl sites for hydroxylation is 2. The van der Waals surface area contributed by atoms with Crippen LogP contribution in [0.5, 0.6) is 0 Å². The minimum Gasteiger partial charge on any atom is -0.476 e. The van der Waals surface area contributed by atoms with Gasteiger partial charge in [-0.1, -0.05) is 0 Å². The van der Waals surface area contributed by atoms with Crippen LogP contribution in [0.25, 0.3) is 5.69 Å². The van der Waals surface area contributed by atoms with Gasteiger partial charge in [-0.05, 0) is 37.6 Å². The number of nitrogens with zero attached hydrogens (tertiary/aromatic N) is 2. The van der Waals surface area contributed by atoms with Crippen molar-refractivity contribution in [2.24, 2.45) is 0 Å². The van der Waals surface area contributed by atoms with Gasteiger partial charge in [0.25, 0.3) is 0 Å². The largest absolute Gasteiger partial charge is 0.476 e. The maximum absolute atomic E-state index is 13.1. The molecule has 1 N–H and O–H groups in total. The van der Waals surface area contributed by atoms with Crippen LogP contribution in [0.15, 0.2) is 29.1 Å². The fraction of sp³-hybridized carbons (Fsp3) is 0.154. The van der Waals surface area contributed by atoms with Crippen molar-refractivity contribution in [2.45, 2.75) is 13.8 Å². The van der Waals surface area contributed by atoms with Crippen molar-refractivity contribution in [3.05, 3.63) is 57.3 Å². The Labute approximate surface area is 107 Å². The number of halogens is 1. The van der Waals surface area contributed by atoms with Crippen LogP contribution in [0.4, 0.5) is 4.39 Å². The number of benzene rings is 1. The summed E-state index contributed by atoms with van der Waals surface area (Å²) in [5.74, 6) is -1.78. The number of aromatic carboxylic acids is 1. The first-order valence-corrected chi connectivity index (χ1v) is 5.51. The van der Waals surface area contributed by atoms with Gasteiger partial charge < -0.3 is 5.11 Å². The van der Waals surface area contributed by atoms with Crippen LogP contribution >= 0.6 is 0 Å². The molecule has 6 heteroatoms. The van der Waals surface area contributed by atoms with Crippen molar-refractivity contribution in [1.82, 2.24) is 9.78 Å². The van der Waals surface area contributed by atoms with Gasteiger partial charge in [0, 0.05) is 11.8 Å². The minimum atomic E-state index is -1.39. The Balaban J connectivity index is 2.71. The highest BCUT2D eigenvalue weighted by Crippen LogP contribution is 2.15. The highest BCUT2D eigenvalue weighted by molar-refractivity contribution is 5.84. The predicted molar refractivity (Wildman–Crippen MR) is 66.2 cm³/mol. The molecule has 5 nitrogen and oxygen atoms in total. The van der Waals surface area contributed by atoms with Crippen LogP contribution in [-0.4, -0.2) is 20.9 Å². The van der Waals surface area contributed by atoms with E-state index < -0.39 is 22.9 Å². The van der Waals surface area contributed by atoms with E-state index >= 15 is 0 Å². The molecule has 0 amide bonds. The van der Waals surface area contributed by atoms with Gasteiger partial charge in [-0.15, -0.1) is 0 Å². The van der Waals surface area contributed by atoms with Gasteiger partial charge >= 0.3 is 5.97 Å². The number of hydrogen-bond donors (Lipinski definition) is 1. The monoisotopic (exact) mass is 262 g/mol. The van der Waals surface area contributed by atoms with Crippen LogP contribution in [-0.2, 0) is 0 Å². The average molecular weight is 262 g/mol. The smallest absolute Gasteiger partial charge is 0.360 e. The molecule has 2 aromatic rings. The van der Waals surface area contributed by atoms with Gasteiger partial charge in [-0.2, -0.15) is 5.10 Å². The van der Waals surface area contributed by atoms with E-state index in [0.717, 1.165) is 0 Å². The van der Waals surface area contributed by atoms with Crippen LogP contribution in [0.3, 0.4) is 0 Å². The zero-order valence-electron chi connectivity index (χ0n) is 10.3. The molecule has 0 aliphatic heterocycles. The maximum atomic E-state index is 13.1. The first-order chi connectivity index (χ1) is 8.90. The summed E-state index contributed by atoms with van der Waals surface area (Å²) in [5, 5.41) is 12.7. The Morgan fingerprint density at radius 3 is 2.58 bits per heavy atom. The lowest BCUT2D eigenvalue weighted by molar-refractivity contribution is 0.0686. The van der Waals surface area contributed by atoms with E-state index in [1.807, 2.05) is 0 Å². The summed E-state index contributed by atoms with van der Waals surface area (Å²) in [4.78, 5) is 22.4. The summed E-state index contributed by atoms with van der Waals surface area (Å²) < 4.78 is 14.4. The third-order valence-corrected chi connectivity index (χ3v) is 2.70. The molecule has 0 fully saturated rings. The molecule has 0 unspecified atom stereocenters. The van der Waals surface area contributed by atoms with E-state index in [1.54, 1.807) is 13.8 Å². The fourth-order valence-electron chi connectivity index (χ4n) is 1.80. The standard InChI is InChI=1S/C13H11FN2O3/c1-7-5-9(14)3-4-10(7)16-8(2)6-11(17)12(15-16)13(18)19/h3-6H,1-2H3,(H,18,19). The Bertz CT molecular complexity index is 722. The molecule has 1 heterocycles. The van der Waals surface area contributed by atoms with E-state index in [9.17, 15) is 14.0 Å². The van der Waals surface area contributed by atoms with Crippen LogP contribution in [0, 0.1) is 19.7 Å². The molecule has 0 spiro atoms. The van der Waals surface area contributed by atoms with Crippen LogP contribution < -0.4 is 5.43 Å². The third-order valence-electron chi connectivity index (χ3n) is 2.70. The topological polar surface area (TPSA) is 72.2 Å². The average Bonchev–Trinajstić information content (AvgIpc) is 2.30. The summed E-state index contributed by atoms with van der Waals surface area (Å²) in [6.45, 7) is 3.31. The molecule has 0 bridgehead atoms. The molecule has 0 aliphatic rings. The molecule has 1 aromatic carbocycles. The molecule has 19 heavy (non-hydrogen) atoms. The van der Waals surface area contributed by atoms with Crippen LogP contribution in [0.1, 0.15) is 21.7 Å². The highest BCUT2D eigenvalue weighted by Gasteiger charge is 2.14. The summed E-state index contributed by atoms with van der Waals surface area (Å²) in [6.07, 6.45) is 0. The van der Waals surface area contributed by atoms with E-state index in [0.29, 0.717) is 16.9 Å². The van der Waals surface area contributed by atoms with Crippen molar-refractivity contribution in [3.8, 4) is 5.69 Å². The maximum Gasteiger partial charge on any atom is 0.360 e. The van der Waals surface area contributed by atoms with Gasteiger partial charge in [0.2, 0.25) is 11.1 Å². The molecule has 2 rings (SSSR count). The summed E-state index contributed by atoms with van der Waals surface area (Å²) in [6, 6.07) is 5.25. The van der Waals surface area contributed by atoms with Gasteiger partial charge in [0.05, 0.1) is 5.69 Å². The number of aromatic nitrogens is 2. The Morgan fingerprint density at radius 1 is 1.32 bits per heavy atom. The van der Waals surface area contributed by atoms with Crippen molar-refractivity contribution >= 4 is 5.97 Å². The van der Waals surface area contributed by atoms with Gasteiger partial charge in [-0.3, -0.25) is 4.79 Å². The molecule has 0 saturated heterocycles. The van der Waals surface area contributed by atoms with Crippen molar-refractivity contribution in [1.29, 1.82) is 0 Å². The minimum absolute atomic E-state index is 0.390. The number of carboxylic acids is 1. The van der Waals surface area contributed by atoms with Gasteiger partial charge in [0.1, 0.15) is 5.82 Å². The zero-order valence-corrected chi connectivity index (χ0v) is 10.3. The van der Waals surface area contributed by atoms with E-state index in [2.05, 4.69) is 5.10 Å². The molecule has 0 aliphatic carbocycles. The number of carbonyl (C=O) groups is 1. The Kier molecular flexibility index (Phi) is 3.16. The summed E-state index contributed by atoms with van der Waals surface area (Å²) >= 11 is 0. The second kappa shape index (κ2) is 4.64. The molecule has 0 radical (unpaired) electrons. The number of hydrogen-bond acceptors (Lipinski definition) is 3. The quantitative estimate of drug-likeness (QED) is 0.893. The lowest BCUT2D eigenvalue weighted by Crippen LogP contribution is -2.22. The number of rotatable bonds is 2. The Morgan fingerprint density at radius 2 is 2.00 bits per heavy atom. The van der Waals surface area contributed by atoms with Crippen molar-refractivity contribution in [3.63, 3.8) is 0 Å². The highest BCUT2D eigenvalue weighted by atomic mass is 19.1. The molecule has 1 aromatic heterocycles.